The fraction of sp³-hybridized carbons (Fsp3) is 0.588. The Kier molecular flexibility index (Phi) is 10.4. The van der Waals surface area contributed by atoms with Crippen LogP contribution in [0.25, 0.3) is 0 Å². The van der Waals surface area contributed by atoms with Crippen molar-refractivity contribution in [1.29, 1.82) is 0 Å². The van der Waals surface area contributed by atoms with Gasteiger partial charge in [0.25, 0.3) is 0 Å². The highest BCUT2D eigenvalue weighted by atomic mass is 127. The molecule has 4 nitrogen and oxygen atoms in total. The van der Waals surface area contributed by atoms with Gasteiger partial charge in [-0.1, -0.05) is 24.3 Å². The summed E-state index contributed by atoms with van der Waals surface area (Å²) in [7, 11) is 0. The number of nitrogens with zero attached hydrogens (tertiary/aromatic N) is 1. The van der Waals surface area contributed by atoms with Gasteiger partial charge in [0.1, 0.15) is 0 Å². The average molecular weight is 418 g/mol. The minimum atomic E-state index is 0. The SMILES string of the molecule is CCNC(=NCc1ccccc1C)NCCNC(C)(C)C.I. The van der Waals surface area contributed by atoms with Crippen LogP contribution in [0.4, 0.5) is 0 Å². The highest BCUT2D eigenvalue weighted by Gasteiger charge is 2.07. The van der Waals surface area contributed by atoms with Crippen molar-refractivity contribution in [3.05, 3.63) is 35.4 Å². The highest BCUT2D eigenvalue weighted by molar-refractivity contribution is 14.0. The quantitative estimate of drug-likeness (QED) is 0.288. The molecule has 22 heavy (non-hydrogen) atoms. The molecule has 0 heterocycles. The number of aryl methyl sites for hydroxylation is 1. The standard InChI is InChI=1S/C17H30N4.HI/c1-6-18-16(19-11-12-21-17(3,4)5)20-13-15-10-8-7-9-14(15)2;/h7-10,21H,6,11-13H2,1-5H3,(H2,18,19,20);1H. The maximum absolute atomic E-state index is 4.65. The highest BCUT2D eigenvalue weighted by Crippen LogP contribution is 2.07. The summed E-state index contributed by atoms with van der Waals surface area (Å²) in [5.41, 5.74) is 2.70. The van der Waals surface area contributed by atoms with Gasteiger partial charge >= 0.3 is 0 Å². The van der Waals surface area contributed by atoms with Gasteiger partial charge in [0.15, 0.2) is 5.96 Å². The normalized spacial score (nSPS) is 11.8. The summed E-state index contributed by atoms with van der Waals surface area (Å²) < 4.78 is 0. The lowest BCUT2D eigenvalue weighted by atomic mass is 10.1. The second-order valence-electron chi connectivity index (χ2n) is 6.23. The van der Waals surface area contributed by atoms with Crippen LogP contribution < -0.4 is 16.0 Å². The van der Waals surface area contributed by atoms with Crippen LogP contribution in [-0.2, 0) is 6.54 Å². The molecule has 3 N–H and O–H groups in total. The van der Waals surface area contributed by atoms with Gasteiger partial charge in [-0.05, 0) is 45.7 Å². The fourth-order valence-corrected chi connectivity index (χ4v) is 1.91. The molecule has 0 saturated carbocycles. The van der Waals surface area contributed by atoms with Crippen LogP contribution in [-0.4, -0.2) is 31.1 Å². The van der Waals surface area contributed by atoms with Crippen molar-refractivity contribution in [3.63, 3.8) is 0 Å². The van der Waals surface area contributed by atoms with Gasteiger partial charge in [-0.15, -0.1) is 24.0 Å². The van der Waals surface area contributed by atoms with E-state index in [1.165, 1.54) is 11.1 Å². The number of guanidine groups is 1. The minimum Gasteiger partial charge on any atom is -0.357 e. The first-order valence-electron chi connectivity index (χ1n) is 7.74. The number of hydrogen-bond donors (Lipinski definition) is 3. The number of benzene rings is 1. The molecule has 1 aromatic carbocycles. The van der Waals surface area contributed by atoms with E-state index in [1.807, 2.05) is 0 Å². The smallest absolute Gasteiger partial charge is 0.191 e. The Morgan fingerprint density at radius 2 is 1.77 bits per heavy atom. The zero-order chi connectivity index (χ0) is 15.7. The average Bonchev–Trinajstić information content (AvgIpc) is 2.41. The van der Waals surface area contributed by atoms with Crippen LogP contribution in [0, 0.1) is 6.92 Å². The van der Waals surface area contributed by atoms with Crippen molar-refractivity contribution >= 4 is 29.9 Å². The van der Waals surface area contributed by atoms with E-state index in [4.69, 9.17) is 0 Å². The molecule has 0 aliphatic carbocycles. The maximum Gasteiger partial charge on any atom is 0.191 e. The summed E-state index contributed by atoms with van der Waals surface area (Å²) in [6.07, 6.45) is 0. The topological polar surface area (TPSA) is 48.5 Å². The summed E-state index contributed by atoms with van der Waals surface area (Å²) >= 11 is 0. The van der Waals surface area contributed by atoms with Crippen molar-refractivity contribution in [1.82, 2.24) is 16.0 Å². The predicted molar refractivity (Wildman–Crippen MR) is 107 cm³/mol. The van der Waals surface area contributed by atoms with Crippen molar-refractivity contribution in [2.24, 2.45) is 4.99 Å². The molecule has 0 amide bonds. The first-order chi connectivity index (χ1) is 9.92. The van der Waals surface area contributed by atoms with Gasteiger partial charge in [-0.3, -0.25) is 0 Å². The van der Waals surface area contributed by atoms with Gasteiger partial charge in [0.05, 0.1) is 6.54 Å². The molecule has 1 rings (SSSR count). The monoisotopic (exact) mass is 418 g/mol. The Hall–Kier alpha value is -0.820. The first-order valence-corrected chi connectivity index (χ1v) is 7.74. The number of halogens is 1. The third-order valence-electron chi connectivity index (χ3n) is 3.09. The summed E-state index contributed by atoms with van der Waals surface area (Å²) in [4.78, 5) is 4.65. The lowest BCUT2D eigenvalue weighted by Gasteiger charge is -2.21. The fourth-order valence-electron chi connectivity index (χ4n) is 1.91. The molecule has 0 atom stereocenters. The predicted octanol–water partition coefficient (Wildman–Crippen LogP) is 3.06. The molecule has 0 saturated heterocycles. The van der Waals surface area contributed by atoms with Crippen LogP contribution >= 0.6 is 24.0 Å². The third-order valence-corrected chi connectivity index (χ3v) is 3.09. The zero-order valence-electron chi connectivity index (χ0n) is 14.5. The first kappa shape index (κ1) is 21.2. The molecule has 0 spiro atoms. The Balaban J connectivity index is 0.00000441. The van der Waals surface area contributed by atoms with Gasteiger partial charge in [0, 0.05) is 25.2 Å². The largest absolute Gasteiger partial charge is 0.357 e. The molecule has 1 aromatic rings. The van der Waals surface area contributed by atoms with Crippen LogP contribution in [0.2, 0.25) is 0 Å². The number of hydrogen-bond acceptors (Lipinski definition) is 2. The summed E-state index contributed by atoms with van der Waals surface area (Å²) in [6.45, 7) is 14.1. The number of nitrogens with one attached hydrogen (secondary N) is 3. The number of rotatable bonds is 6. The van der Waals surface area contributed by atoms with Crippen LogP contribution in [0.5, 0.6) is 0 Å². The summed E-state index contributed by atoms with van der Waals surface area (Å²) in [5.74, 6) is 0.872. The molecule has 0 radical (unpaired) electrons. The molecule has 0 aromatic heterocycles. The summed E-state index contributed by atoms with van der Waals surface area (Å²) in [6, 6.07) is 8.37. The summed E-state index contributed by atoms with van der Waals surface area (Å²) in [5, 5.41) is 10.1. The Labute approximate surface area is 152 Å². The second kappa shape index (κ2) is 10.8. The third kappa shape index (κ3) is 9.25. The molecule has 0 aliphatic rings. The van der Waals surface area contributed by atoms with E-state index in [0.717, 1.165) is 25.6 Å². The van der Waals surface area contributed by atoms with Crippen molar-refractivity contribution in [2.75, 3.05) is 19.6 Å². The molecule has 5 heteroatoms. The van der Waals surface area contributed by atoms with Gasteiger partial charge in [0.2, 0.25) is 0 Å². The molecule has 0 bridgehead atoms. The second-order valence-corrected chi connectivity index (χ2v) is 6.23. The molecule has 126 valence electrons. The van der Waals surface area contributed by atoms with Gasteiger partial charge in [-0.2, -0.15) is 0 Å². The van der Waals surface area contributed by atoms with E-state index in [1.54, 1.807) is 0 Å². The lowest BCUT2D eigenvalue weighted by molar-refractivity contribution is 0.428. The molecular weight excluding hydrogens is 387 g/mol. The van der Waals surface area contributed by atoms with Crippen molar-refractivity contribution in [3.8, 4) is 0 Å². The molecule has 0 aliphatic heterocycles. The Morgan fingerprint density at radius 3 is 2.36 bits per heavy atom. The van der Waals surface area contributed by atoms with E-state index in [2.05, 4.69) is 79.8 Å². The van der Waals surface area contributed by atoms with E-state index >= 15 is 0 Å². The molecule has 0 fully saturated rings. The minimum absolute atomic E-state index is 0. The van der Waals surface area contributed by atoms with E-state index in [-0.39, 0.29) is 29.5 Å². The van der Waals surface area contributed by atoms with Gasteiger partial charge < -0.3 is 16.0 Å². The van der Waals surface area contributed by atoms with Gasteiger partial charge in [-0.25, -0.2) is 4.99 Å². The van der Waals surface area contributed by atoms with Crippen molar-refractivity contribution < 1.29 is 0 Å². The van der Waals surface area contributed by atoms with Crippen LogP contribution in [0.3, 0.4) is 0 Å². The van der Waals surface area contributed by atoms with Crippen molar-refractivity contribution in [2.45, 2.75) is 46.7 Å². The zero-order valence-corrected chi connectivity index (χ0v) is 16.8. The van der Waals surface area contributed by atoms with Crippen LogP contribution in [0.15, 0.2) is 29.3 Å². The van der Waals surface area contributed by atoms with E-state index < -0.39 is 0 Å². The molecular formula is C17H31IN4. The number of aliphatic imine (C=N–C) groups is 1. The van der Waals surface area contributed by atoms with Crippen LogP contribution in [0.1, 0.15) is 38.8 Å². The Morgan fingerprint density at radius 1 is 1.09 bits per heavy atom. The molecule has 0 unspecified atom stereocenters. The van der Waals surface area contributed by atoms with E-state index in [0.29, 0.717) is 6.54 Å². The maximum atomic E-state index is 4.65. The van der Waals surface area contributed by atoms with E-state index in [9.17, 15) is 0 Å². The Bertz CT molecular complexity index is 452. The lowest BCUT2D eigenvalue weighted by Crippen LogP contribution is -2.44.